The fourth-order valence-electron chi connectivity index (χ4n) is 7.48. The van der Waals surface area contributed by atoms with E-state index in [2.05, 4.69) is 137 Å². The lowest BCUT2D eigenvalue weighted by Gasteiger charge is -2.36. The molecule has 56 heavy (non-hydrogen) atoms. The van der Waals surface area contributed by atoms with Gasteiger partial charge in [0.2, 0.25) is 0 Å². The van der Waals surface area contributed by atoms with Crippen LogP contribution >= 0.6 is 11.6 Å². The van der Waals surface area contributed by atoms with Gasteiger partial charge in [-0.05, 0) is 62.4 Å². The van der Waals surface area contributed by atoms with E-state index in [9.17, 15) is 0 Å². The summed E-state index contributed by atoms with van der Waals surface area (Å²) >= 11 is 6.76. The number of pyridine rings is 1. The van der Waals surface area contributed by atoms with Crippen LogP contribution in [0.4, 0.5) is 0 Å². The molecule has 0 aliphatic carbocycles. The highest BCUT2D eigenvalue weighted by molar-refractivity contribution is 6.30. The van der Waals surface area contributed by atoms with E-state index < -0.39 is 5.54 Å². The topological polar surface area (TPSA) is 83.5 Å². The molecule has 8 nitrogen and oxygen atoms in total. The van der Waals surface area contributed by atoms with Crippen molar-refractivity contribution in [2.75, 3.05) is 0 Å². The molecule has 0 unspecified atom stereocenters. The Labute approximate surface area is 332 Å². The highest BCUT2D eigenvalue weighted by atomic mass is 35.5. The second-order valence-corrected chi connectivity index (χ2v) is 14.1. The summed E-state index contributed by atoms with van der Waals surface area (Å²) < 4.78 is 10.3. The molecule has 8 rings (SSSR count). The van der Waals surface area contributed by atoms with Crippen LogP contribution in [0.15, 0.2) is 164 Å². The van der Waals surface area contributed by atoms with E-state index >= 15 is 0 Å². The lowest BCUT2D eigenvalue weighted by atomic mass is 9.77. The number of rotatable bonds is 15. The summed E-state index contributed by atoms with van der Waals surface area (Å²) in [5.74, 6) is 1.62. The molecule has 0 spiro atoms. The molecule has 0 radical (unpaired) electrons. The molecule has 3 aromatic heterocycles. The van der Waals surface area contributed by atoms with E-state index in [-0.39, 0.29) is 0 Å². The smallest absolute Gasteiger partial charge is 0.184 e. The number of aromatic nitrogens is 7. The Kier molecular flexibility index (Phi) is 11.2. The van der Waals surface area contributed by atoms with E-state index in [4.69, 9.17) is 31.6 Å². The second-order valence-electron chi connectivity index (χ2n) is 13.7. The predicted octanol–water partition coefficient (Wildman–Crippen LogP) is 10.2. The van der Waals surface area contributed by atoms with Crippen molar-refractivity contribution in [1.29, 1.82) is 0 Å². The highest BCUT2D eigenvalue weighted by Gasteiger charge is 2.42. The number of aryl methyl sites for hydroxylation is 1. The van der Waals surface area contributed by atoms with Gasteiger partial charge in [-0.15, -0.1) is 5.10 Å². The van der Waals surface area contributed by atoms with Crippen LogP contribution in [0.3, 0.4) is 0 Å². The lowest BCUT2D eigenvalue weighted by Crippen LogP contribution is -2.39. The third kappa shape index (κ3) is 7.41. The Balaban J connectivity index is 1.16. The van der Waals surface area contributed by atoms with E-state index in [1.165, 1.54) is 0 Å². The molecule has 9 heteroatoms. The van der Waals surface area contributed by atoms with Gasteiger partial charge in [-0.2, -0.15) is 0 Å². The van der Waals surface area contributed by atoms with E-state index in [1.807, 2.05) is 47.1 Å². The third-order valence-corrected chi connectivity index (χ3v) is 10.5. The van der Waals surface area contributed by atoms with E-state index in [0.29, 0.717) is 30.7 Å². The van der Waals surface area contributed by atoms with Crippen molar-refractivity contribution in [3.8, 4) is 22.5 Å². The van der Waals surface area contributed by atoms with Gasteiger partial charge in [-0.3, -0.25) is 4.98 Å². The molecule has 0 saturated heterocycles. The van der Waals surface area contributed by atoms with Gasteiger partial charge in [0.25, 0.3) is 0 Å². The van der Waals surface area contributed by atoms with Crippen molar-refractivity contribution in [2.24, 2.45) is 0 Å². The fourth-order valence-corrected chi connectivity index (χ4v) is 7.73. The third-order valence-electron chi connectivity index (χ3n) is 10.2. The first kappa shape index (κ1) is 36.7. The first-order valence-electron chi connectivity index (χ1n) is 19.0. The van der Waals surface area contributed by atoms with Crippen LogP contribution in [0.5, 0.6) is 0 Å². The maximum atomic E-state index is 6.76. The predicted molar refractivity (Wildman–Crippen MR) is 221 cm³/mol. The van der Waals surface area contributed by atoms with Crippen LogP contribution in [-0.4, -0.2) is 34.7 Å². The minimum atomic E-state index is -0.861. The van der Waals surface area contributed by atoms with Crippen LogP contribution in [-0.2, 0) is 36.5 Å². The van der Waals surface area contributed by atoms with Crippen molar-refractivity contribution in [1.82, 2.24) is 34.7 Å². The molecule has 8 aromatic rings. The van der Waals surface area contributed by atoms with Crippen molar-refractivity contribution in [3.63, 3.8) is 0 Å². The Morgan fingerprint density at radius 2 is 1.27 bits per heavy atom. The summed E-state index contributed by atoms with van der Waals surface area (Å²) in [5.41, 5.74) is 8.16. The standard InChI is InChI=1S/C47H42ClN7O/c1-2-3-26-44-50-45(48)43(34-56-33-40-23-15-16-31-49-40)54(44)32-35-27-29-36(30-28-35)41-24-13-14-25-42(41)46-51-52-53-55(46)47(37-17-7-4-8-18-37,38-19-9-5-10-20-38)39-21-11-6-12-22-39/h4-25,27-31H,2-3,26,32-34H2,1H3. The number of ether oxygens (including phenoxy) is 1. The minimum absolute atomic E-state index is 0.338. The number of hydrogen-bond donors (Lipinski definition) is 0. The molecule has 3 heterocycles. The largest absolute Gasteiger partial charge is 0.369 e. The number of unbranched alkanes of at least 4 members (excludes halogenated alkanes) is 1. The highest BCUT2D eigenvalue weighted by Crippen LogP contribution is 2.43. The first-order valence-corrected chi connectivity index (χ1v) is 19.4. The molecular weight excluding hydrogens is 714 g/mol. The maximum Gasteiger partial charge on any atom is 0.184 e. The molecule has 0 amide bonds. The number of nitrogens with zero attached hydrogens (tertiary/aromatic N) is 7. The lowest BCUT2D eigenvalue weighted by molar-refractivity contribution is 0.0997. The van der Waals surface area contributed by atoms with Gasteiger partial charge in [-0.1, -0.05) is 171 Å². The summed E-state index contributed by atoms with van der Waals surface area (Å²) in [6.07, 6.45) is 4.70. The summed E-state index contributed by atoms with van der Waals surface area (Å²) in [7, 11) is 0. The van der Waals surface area contributed by atoms with Crippen LogP contribution in [0, 0.1) is 0 Å². The van der Waals surface area contributed by atoms with E-state index in [1.54, 1.807) is 6.20 Å². The van der Waals surface area contributed by atoms with Crippen LogP contribution in [0.1, 0.15) is 59.2 Å². The van der Waals surface area contributed by atoms with Crippen LogP contribution < -0.4 is 0 Å². The first-order chi connectivity index (χ1) is 27.7. The van der Waals surface area contributed by atoms with Crippen molar-refractivity contribution < 1.29 is 4.74 Å². The summed E-state index contributed by atoms with van der Waals surface area (Å²) in [4.78, 5) is 9.17. The van der Waals surface area contributed by atoms with Crippen LogP contribution in [0.25, 0.3) is 22.5 Å². The molecule has 278 valence electrons. The molecule has 0 bridgehead atoms. The summed E-state index contributed by atoms with van der Waals surface area (Å²) in [5, 5.41) is 14.4. The zero-order chi connectivity index (χ0) is 38.2. The molecular formula is C47H42ClN7O. The molecule has 0 N–H and O–H groups in total. The van der Waals surface area contributed by atoms with Crippen LogP contribution in [0.2, 0.25) is 5.15 Å². The molecule has 0 fully saturated rings. The van der Waals surface area contributed by atoms with Gasteiger partial charge in [0.05, 0.1) is 24.6 Å². The summed E-state index contributed by atoms with van der Waals surface area (Å²) in [6, 6.07) is 54.2. The number of tetrazole rings is 1. The number of halogens is 1. The van der Waals surface area contributed by atoms with Gasteiger partial charge in [0.1, 0.15) is 11.4 Å². The average Bonchev–Trinajstić information content (AvgIpc) is 3.86. The van der Waals surface area contributed by atoms with Gasteiger partial charge >= 0.3 is 0 Å². The number of hydrogen-bond acceptors (Lipinski definition) is 6. The molecule has 0 aliphatic heterocycles. The SMILES string of the molecule is CCCCc1nc(Cl)c(COCc2ccccn2)n1Cc1ccc(-c2ccccc2-c2nnnn2C(c2ccccc2)(c2ccccc2)c2ccccc2)cc1. The monoisotopic (exact) mass is 755 g/mol. The Morgan fingerprint density at radius 3 is 1.88 bits per heavy atom. The second kappa shape index (κ2) is 17.1. The molecule has 5 aromatic carbocycles. The van der Waals surface area contributed by atoms with Crippen molar-refractivity contribution >= 4 is 11.6 Å². The summed E-state index contributed by atoms with van der Waals surface area (Å²) in [6.45, 7) is 3.54. The zero-order valence-electron chi connectivity index (χ0n) is 31.2. The maximum absolute atomic E-state index is 6.76. The normalized spacial score (nSPS) is 11.5. The molecule has 0 aliphatic rings. The molecule has 0 atom stereocenters. The van der Waals surface area contributed by atoms with Gasteiger partial charge in [0, 0.05) is 24.7 Å². The fraction of sp³-hybridized carbons (Fsp3) is 0.170. The van der Waals surface area contributed by atoms with Crippen molar-refractivity contribution in [2.45, 2.75) is 51.5 Å². The number of imidazole rings is 1. The zero-order valence-corrected chi connectivity index (χ0v) is 32.0. The van der Waals surface area contributed by atoms with Crippen molar-refractivity contribution in [3.05, 3.63) is 209 Å². The number of benzene rings is 5. The van der Waals surface area contributed by atoms with Gasteiger partial charge < -0.3 is 9.30 Å². The Morgan fingerprint density at radius 1 is 0.661 bits per heavy atom. The Bertz CT molecular complexity index is 2370. The van der Waals surface area contributed by atoms with Gasteiger partial charge in [-0.25, -0.2) is 9.67 Å². The Hall–Kier alpha value is -6.22. The van der Waals surface area contributed by atoms with E-state index in [0.717, 1.165) is 75.4 Å². The quantitative estimate of drug-likeness (QED) is 0.0969. The minimum Gasteiger partial charge on any atom is -0.369 e. The molecule has 0 saturated carbocycles. The van der Waals surface area contributed by atoms with Gasteiger partial charge in [0.15, 0.2) is 11.0 Å². The average molecular weight is 756 g/mol.